The lowest BCUT2D eigenvalue weighted by Gasteiger charge is -2.07. The number of ether oxygens (including phenoxy) is 1. The quantitative estimate of drug-likeness (QED) is 0.785. The Morgan fingerprint density at radius 2 is 1.88 bits per heavy atom. The second kappa shape index (κ2) is 5.88. The highest BCUT2D eigenvalue weighted by molar-refractivity contribution is 5.96. The van der Waals surface area contributed by atoms with Crippen molar-refractivity contribution in [2.24, 2.45) is 0 Å². The molecule has 3 aromatic rings. The van der Waals surface area contributed by atoms with E-state index in [0.717, 1.165) is 0 Å². The Hall–Kier alpha value is -3.03. The number of rotatable bonds is 3. The van der Waals surface area contributed by atoms with E-state index in [4.69, 9.17) is 9.15 Å². The average molecular weight is 336 g/mol. The van der Waals surface area contributed by atoms with Gasteiger partial charge in [0, 0.05) is 17.3 Å². The van der Waals surface area contributed by atoms with Crippen molar-refractivity contribution in [1.29, 1.82) is 0 Å². The maximum atomic E-state index is 12.3. The van der Waals surface area contributed by atoms with Crippen molar-refractivity contribution in [1.82, 2.24) is 4.98 Å². The van der Waals surface area contributed by atoms with Gasteiger partial charge >= 0.3 is 12.1 Å². The topological polar surface area (TPSA) is 64.4 Å². The second-order valence-corrected chi connectivity index (χ2v) is 4.88. The molecule has 0 fully saturated rings. The summed E-state index contributed by atoms with van der Waals surface area (Å²) in [5.41, 5.74) is 1.39. The van der Waals surface area contributed by atoms with Crippen LogP contribution >= 0.6 is 0 Å². The van der Waals surface area contributed by atoms with Crippen LogP contribution in [0.25, 0.3) is 22.6 Å². The van der Waals surface area contributed by atoms with Gasteiger partial charge in [0.2, 0.25) is 5.89 Å². The monoisotopic (exact) mass is 336 g/mol. The van der Waals surface area contributed by atoms with Crippen molar-refractivity contribution in [2.45, 2.75) is 6.18 Å². The van der Waals surface area contributed by atoms with Crippen LogP contribution in [0.15, 0.2) is 46.9 Å². The number of carbonyl (C=O) groups is 1. The number of hydrogen-bond acceptors (Lipinski definition) is 4. The molecule has 0 atom stereocenters. The molecule has 0 aliphatic rings. The van der Waals surface area contributed by atoms with Gasteiger partial charge in [0.1, 0.15) is 11.3 Å². The lowest BCUT2D eigenvalue weighted by Crippen LogP contribution is -2.29. The molecule has 0 bridgehead atoms. The van der Waals surface area contributed by atoms with Crippen LogP contribution in [0.3, 0.4) is 0 Å². The molecular weight excluding hydrogens is 325 g/mol. The number of benzene rings is 2. The number of anilines is 1. The number of alkyl halides is 3. The predicted octanol–water partition coefficient (Wildman–Crippen LogP) is 4.00. The molecule has 3 rings (SSSR count). The van der Waals surface area contributed by atoms with Gasteiger partial charge in [-0.25, -0.2) is 4.98 Å². The van der Waals surface area contributed by atoms with Gasteiger partial charge in [-0.05, 0) is 36.4 Å². The first-order chi connectivity index (χ1) is 11.4. The summed E-state index contributed by atoms with van der Waals surface area (Å²) in [6.45, 7) is 0. The zero-order valence-corrected chi connectivity index (χ0v) is 12.3. The van der Waals surface area contributed by atoms with Crippen molar-refractivity contribution in [3.63, 3.8) is 0 Å². The largest absolute Gasteiger partial charge is 0.497 e. The summed E-state index contributed by atoms with van der Waals surface area (Å²) in [5, 5.41) is 1.77. The molecule has 2 aromatic carbocycles. The number of oxazole rings is 1. The lowest BCUT2D eigenvalue weighted by atomic mass is 10.2. The summed E-state index contributed by atoms with van der Waals surface area (Å²) in [7, 11) is 1.55. The maximum absolute atomic E-state index is 12.3. The smallest absolute Gasteiger partial charge is 0.471 e. The number of fused-ring (bicyclic) bond motifs is 1. The SMILES string of the molecule is COc1ccc(-c2nc3ccc(NC(=O)C(F)(F)F)cc3o2)cc1. The normalized spacial score (nSPS) is 11.5. The molecule has 0 saturated heterocycles. The van der Waals surface area contributed by atoms with Crippen LogP contribution in [0.5, 0.6) is 5.75 Å². The number of aromatic nitrogens is 1. The number of hydrogen-bond donors (Lipinski definition) is 1. The van der Waals surface area contributed by atoms with Crippen LogP contribution in [-0.2, 0) is 4.79 Å². The van der Waals surface area contributed by atoms with Gasteiger partial charge < -0.3 is 14.5 Å². The molecule has 0 radical (unpaired) electrons. The van der Waals surface area contributed by atoms with Crippen LogP contribution in [0.1, 0.15) is 0 Å². The third-order valence-electron chi connectivity index (χ3n) is 3.24. The molecule has 1 amide bonds. The highest BCUT2D eigenvalue weighted by atomic mass is 19.4. The number of methoxy groups -OCH3 is 1. The Balaban J connectivity index is 1.89. The van der Waals surface area contributed by atoms with Gasteiger partial charge in [-0.15, -0.1) is 0 Å². The van der Waals surface area contributed by atoms with E-state index in [1.807, 2.05) is 0 Å². The molecule has 1 heterocycles. The van der Waals surface area contributed by atoms with Crippen molar-refractivity contribution >= 4 is 22.7 Å². The van der Waals surface area contributed by atoms with E-state index in [1.165, 1.54) is 18.2 Å². The molecule has 0 spiro atoms. The summed E-state index contributed by atoms with van der Waals surface area (Å²) in [6.07, 6.45) is -4.95. The summed E-state index contributed by atoms with van der Waals surface area (Å²) < 4.78 is 47.4. The Labute approximate surface area is 134 Å². The van der Waals surface area contributed by atoms with E-state index >= 15 is 0 Å². The summed E-state index contributed by atoms with van der Waals surface area (Å²) in [6, 6.07) is 11.0. The van der Waals surface area contributed by atoms with Crippen molar-refractivity contribution < 1.29 is 27.1 Å². The van der Waals surface area contributed by atoms with Crippen LogP contribution in [0.4, 0.5) is 18.9 Å². The highest BCUT2D eigenvalue weighted by Gasteiger charge is 2.38. The van der Waals surface area contributed by atoms with Gasteiger partial charge in [-0.2, -0.15) is 13.2 Å². The van der Waals surface area contributed by atoms with E-state index in [1.54, 1.807) is 36.7 Å². The fourth-order valence-electron chi connectivity index (χ4n) is 2.06. The molecule has 124 valence electrons. The number of halogens is 3. The Kier molecular flexibility index (Phi) is 3.88. The third kappa shape index (κ3) is 3.17. The molecule has 0 saturated carbocycles. The van der Waals surface area contributed by atoms with Gasteiger partial charge in [0.15, 0.2) is 5.58 Å². The summed E-state index contributed by atoms with van der Waals surface area (Å²) in [5.74, 6) is -1.06. The fourth-order valence-corrected chi connectivity index (χ4v) is 2.06. The number of amides is 1. The number of nitrogens with one attached hydrogen (secondary N) is 1. The van der Waals surface area contributed by atoms with Gasteiger partial charge in [-0.1, -0.05) is 0 Å². The van der Waals surface area contributed by atoms with Crippen LogP contribution in [0.2, 0.25) is 0 Å². The molecule has 1 aromatic heterocycles. The lowest BCUT2D eigenvalue weighted by molar-refractivity contribution is -0.167. The number of carbonyl (C=O) groups excluding carboxylic acids is 1. The standard InChI is InChI=1S/C16H11F3N2O3/c1-23-11-5-2-9(3-6-11)14-21-12-7-4-10(8-13(12)24-14)20-15(22)16(17,18)19/h2-8H,1H3,(H,20,22). The zero-order chi connectivity index (χ0) is 17.3. The Bertz CT molecular complexity index is 886. The Morgan fingerprint density at radius 3 is 2.50 bits per heavy atom. The molecule has 8 heteroatoms. The minimum atomic E-state index is -4.95. The first-order valence-corrected chi connectivity index (χ1v) is 6.80. The van der Waals surface area contributed by atoms with Gasteiger partial charge in [0.25, 0.3) is 0 Å². The third-order valence-corrected chi connectivity index (χ3v) is 3.24. The fraction of sp³-hybridized carbons (Fsp3) is 0.125. The summed E-state index contributed by atoms with van der Waals surface area (Å²) >= 11 is 0. The van der Waals surface area contributed by atoms with E-state index in [0.29, 0.717) is 22.7 Å². The van der Waals surface area contributed by atoms with E-state index in [-0.39, 0.29) is 11.3 Å². The molecule has 5 nitrogen and oxygen atoms in total. The summed E-state index contributed by atoms with van der Waals surface area (Å²) in [4.78, 5) is 15.2. The van der Waals surface area contributed by atoms with Gasteiger partial charge in [0.05, 0.1) is 7.11 Å². The van der Waals surface area contributed by atoms with Crippen LogP contribution < -0.4 is 10.1 Å². The van der Waals surface area contributed by atoms with Crippen molar-refractivity contribution in [2.75, 3.05) is 12.4 Å². The maximum Gasteiger partial charge on any atom is 0.471 e. The molecule has 1 N–H and O–H groups in total. The second-order valence-electron chi connectivity index (χ2n) is 4.88. The highest BCUT2D eigenvalue weighted by Crippen LogP contribution is 2.28. The molecule has 24 heavy (non-hydrogen) atoms. The Morgan fingerprint density at radius 1 is 1.17 bits per heavy atom. The van der Waals surface area contributed by atoms with Crippen LogP contribution in [0, 0.1) is 0 Å². The van der Waals surface area contributed by atoms with Crippen LogP contribution in [-0.4, -0.2) is 24.2 Å². The van der Waals surface area contributed by atoms with Gasteiger partial charge in [-0.3, -0.25) is 4.79 Å². The van der Waals surface area contributed by atoms with E-state index < -0.39 is 12.1 Å². The predicted molar refractivity (Wildman–Crippen MR) is 80.7 cm³/mol. The molecular formula is C16H11F3N2O3. The minimum Gasteiger partial charge on any atom is -0.497 e. The molecule has 0 unspecified atom stereocenters. The molecule has 0 aliphatic carbocycles. The van der Waals surface area contributed by atoms with E-state index in [2.05, 4.69) is 4.98 Å². The number of nitrogens with zero attached hydrogens (tertiary/aromatic N) is 1. The minimum absolute atomic E-state index is 0.0257. The van der Waals surface area contributed by atoms with Crippen molar-refractivity contribution in [3.05, 3.63) is 42.5 Å². The van der Waals surface area contributed by atoms with E-state index in [9.17, 15) is 18.0 Å². The van der Waals surface area contributed by atoms with Crippen molar-refractivity contribution in [3.8, 4) is 17.2 Å². The first kappa shape index (κ1) is 15.9. The first-order valence-electron chi connectivity index (χ1n) is 6.80. The average Bonchev–Trinajstić information content (AvgIpc) is 2.97. The zero-order valence-electron chi connectivity index (χ0n) is 12.3. The molecule has 0 aliphatic heterocycles.